The van der Waals surface area contributed by atoms with Crippen molar-refractivity contribution in [2.45, 2.75) is 70.2 Å². The van der Waals surface area contributed by atoms with Crippen LogP contribution in [0.1, 0.15) is 46.5 Å². The Morgan fingerprint density at radius 2 is 2.32 bits per heavy atom. The van der Waals surface area contributed by atoms with Gasteiger partial charge in [0.25, 0.3) is 0 Å². The summed E-state index contributed by atoms with van der Waals surface area (Å²) in [6.45, 7) is 9.02. The Kier molecular flexibility index (Phi) is 4.83. The van der Waals surface area contributed by atoms with Gasteiger partial charge in [-0.3, -0.25) is 10.2 Å². The largest absolute Gasteiger partial charge is 0.375 e. The number of ether oxygens (including phenoxy) is 1. The molecule has 4 heteroatoms. The van der Waals surface area contributed by atoms with Gasteiger partial charge in [0.2, 0.25) is 0 Å². The zero-order valence-corrected chi connectivity index (χ0v) is 12.5. The monoisotopic (exact) mass is 265 g/mol. The predicted molar refractivity (Wildman–Crippen MR) is 75.9 cm³/mol. The molecule has 0 spiro atoms. The normalized spacial score (nSPS) is 32.3. The number of nitrogens with zero attached hydrogens (tertiary/aromatic N) is 2. The van der Waals surface area contributed by atoms with Crippen LogP contribution >= 0.6 is 0 Å². The number of hydrogen-bond donors (Lipinski definition) is 1. The Morgan fingerprint density at radius 3 is 3.00 bits per heavy atom. The van der Waals surface area contributed by atoms with E-state index in [-0.39, 0.29) is 0 Å². The number of nitriles is 1. The Balaban J connectivity index is 1.98. The molecule has 0 aromatic heterocycles. The highest BCUT2D eigenvalue weighted by Gasteiger charge is 2.39. The van der Waals surface area contributed by atoms with E-state index in [1.807, 2.05) is 6.92 Å². The lowest BCUT2D eigenvalue weighted by Gasteiger charge is -2.43. The molecule has 1 aliphatic carbocycles. The number of nitrogens with one attached hydrogen (secondary N) is 1. The summed E-state index contributed by atoms with van der Waals surface area (Å²) in [7, 11) is 0. The van der Waals surface area contributed by atoms with Crippen LogP contribution in [0.2, 0.25) is 0 Å². The maximum absolute atomic E-state index is 9.40. The first-order valence-electron chi connectivity index (χ1n) is 7.63. The third-order valence-corrected chi connectivity index (χ3v) is 4.61. The first-order chi connectivity index (χ1) is 9.09. The van der Waals surface area contributed by atoms with Gasteiger partial charge < -0.3 is 4.74 Å². The Bertz CT molecular complexity index is 341. The minimum absolute atomic E-state index is 0.416. The Hall–Kier alpha value is -0.630. The first-order valence-corrected chi connectivity index (χ1v) is 7.63. The van der Waals surface area contributed by atoms with Crippen molar-refractivity contribution in [1.29, 1.82) is 5.26 Å². The van der Waals surface area contributed by atoms with Crippen LogP contribution in [-0.4, -0.2) is 48.3 Å². The van der Waals surface area contributed by atoms with Crippen molar-refractivity contribution in [3.63, 3.8) is 0 Å². The van der Waals surface area contributed by atoms with E-state index < -0.39 is 5.54 Å². The molecule has 1 heterocycles. The topological polar surface area (TPSA) is 48.3 Å². The molecular formula is C15H27N3O. The van der Waals surface area contributed by atoms with Gasteiger partial charge in [-0.1, -0.05) is 6.92 Å². The first kappa shape index (κ1) is 14.8. The van der Waals surface area contributed by atoms with E-state index >= 15 is 0 Å². The summed E-state index contributed by atoms with van der Waals surface area (Å²) < 4.78 is 5.86. The number of morpholine rings is 1. The van der Waals surface area contributed by atoms with Crippen LogP contribution in [0, 0.1) is 11.3 Å². The summed E-state index contributed by atoms with van der Waals surface area (Å²) in [5.41, 5.74) is -0.416. The van der Waals surface area contributed by atoms with Crippen molar-refractivity contribution in [3.05, 3.63) is 0 Å². The lowest BCUT2D eigenvalue weighted by atomic mass is 9.93. The van der Waals surface area contributed by atoms with Crippen LogP contribution in [0.5, 0.6) is 0 Å². The number of rotatable bonds is 5. The van der Waals surface area contributed by atoms with E-state index in [1.165, 1.54) is 19.3 Å². The van der Waals surface area contributed by atoms with Crippen LogP contribution < -0.4 is 5.32 Å². The van der Waals surface area contributed by atoms with Crippen LogP contribution in [0.25, 0.3) is 0 Å². The van der Waals surface area contributed by atoms with Gasteiger partial charge in [-0.15, -0.1) is 0 Å². The SMILES string of the molecule is CCNC(C)(C#N)CC(C)N1CCOC2CCCC21. The summed E-state index contributed by atoms with van der Waals surface area (Å²) in [4.78, 5) is 2.58. The van der Waals surface area contributed by atoms with Gasteiger partial charge in [-0.05, 0) is 46.1 Å². The second-order valence-electron chi connectivity index (χ2n) is 6.17. The molecule has 2 rings (SSSR count). The van der Waals surface area contributed by atoms with Crippen LogP contribution in [0.15, 0.2) is 0 Å². The number of fused-ring (bicyclic) bond motifs is 1. The summed E-state index contributed by atoms with van der Waals surface area (Å²) in [6, 6.07) is 3.45. The fourth-order valence-corrected chi connectivity index (χ4v) is 3.76. The van der Waals surface area contributed by atoms with Gasteiger partial charge in [0, 0.05) is 18.6 Å². The lowest BCUT2D eigenvalue weighted by molar-refractivity contribution is -0.0720. The van der Waals surface area contributed by atoms with E-state index in [9.17, 15) is 5.26 Å². The maximum Gasteiger partial charge on any atom is 0.105 e. The fraction of sp³-hybridized carbons (Fsp3) is 0.933. The Labute approximate surface area is 117 Å². The molecule has 0 aromatic carbocycles. The third kappa shape index (κ3) is 3.28. The van der Waals surface area contributed by atoms with Crippen LogP contribution in [0.4, 0.5) is 0 Å². The van der Waals surface area contributed by atoms with Gasteiger partial charge in [-0.2, -0.15) is 5.26 Å². The van der Waals surface area contributed by atoms with Gasteiger partial charge in [0.1, 0.15) is 5.54 Å². The second-order valence-corrected chi connectivity index (χ2v) is 6.17. The van der Waals surface area contributed by atoms with Crippen LogP contribution in [-0.2, 0) is 4.74 Å². The van der Waals surface area contributed by atoms with Gasteiger partial charge in [-0.25, -0.2) is 0 Å². The van der Waals surface area contributed by atoms with E-state index in [4.69, 9.17) is 4.74 Å². The molecule has 0 radical (unpaired) electrons. The standard InChI is InChI=1S/C15H27N3O/c1-4-17-15(3,11-16)10-12(2)18-8-9-19-14-7-5-6-13(14)18/h12-14,17H,4-10H2,1-3H3. The lowest BCUT2D eigenvalue weighted by Crippen LogP contribution is -2.55. The van der Waals surface area contributed by atoms with E-state index in [2.05, 4.69) is 30.1 Å². The third-order valence-electron chi connectivity index (χ3n) is 4.61. The highest BCUT2D eigenvalue weighted by molar-refractivity contribution is 5.06. The molecule has 1 saturated heterocycles. The van der Waals surface area contributed by atoms with Crippen molar-refractivity contribution >= 4 is 0 Å². The minimum Gasteiger partial charge on any atom is -0.375 e. The molecule has 4 atom stereocenters. The van der Waals surface area contributed by atoms with Crippen molar-refractivity contribution in [2.24, 2.45) is 0 Å². The molecule has 2 fully saturated rings. The molecule has 0 amide bonds. The molecular weight excluding hydrogens is 238 g/mol. The highest BCUT2D eigenvalue weighted by atomic mass is 16.5. The minimum atomic E-state index is -0.416. The molecule has 1 aliphatic heterocycles. The zero-order chi connectivity index (χ0) is 13.9. The predicted octanol–water partition coefficient (Wildman–Crippen LogP) is 1.91. The molecule has 4 unspecified atom stereocenters. The van der Waals surface area contributed by atoms with Gasteiger partial charge in [0.15, 0.2) is 0 Å². The van der Waals surface area contributed by atoms with Crippen LogP contribution in [0.3, 0.4) is 0 Å². The van der Waals surface area contributed by atoms with Gasteiger partial charge in [0.05, 0.1) is 18.8 Å². The highest BCUT2D eigenvalue weighted by Crippen LogP contribution is 2.32. The van der Waals surface area contributed by atoms with Crippen molar-refractivity contribution < 1.29 is 4.74 Å². The summed E-state index contributed by atoms with van der Waals surface area (Å²) in [6.07, 6.45) is 5.04. The van der Waals surface area contributed by atoms with E-state index in [1.54, 1.807) is 0 Å². The van der Waals surface area contributed by atoms with E-state index in [0.29, 0.717) is 18.2 Å². The van der Waals surface area contributed by atoms with Crippen molar-refractivity contribution in [2.75, 3.05) is 19.7 Å². The molecule has 108 valence electrons. The molecule has 4 nitrogen and oxygen atoms in total. The molecule has 0 aromatic rings. The average molecular weight is 265 g/mol. The second kappa shape index (κ2) is 6.21. The molecule has 1 N–H and O–H groups in total. The quantitative estimate of drug-likeness (QED) is 0.825. The summed E-state index contributed by atoms with van der Waals surface area (Å²) >= 11 is 0. The summed E-state index contributed by atoms with van der Waals surface area (Å²) in [5.74, 6) is 0. The fourth-order valence-electron chi connectivity index (χ4n) is 3.76. The molecule has 1 saturated carbocycles. The summed E-state index contributed by atoms with van der Waals surface area (Å²) in [5, 5.41) is 12.7. The number of hydrogen-bond acceptors (Lipinski definition) is 4. The van der Waals surface area contributed by atoms with Crippen molar-refractivity contribution in [1.82, 2.24) is 10.2 Å². The zero-order valence-electron chi connectivity index (χ0n) is 12.5. The maximum atomic E-state index is 9.40. The van der Waals surface area contributed by atoms with E-state index in [0.717, 1.165) is 26.1 Å². The molecule has 19 heavy (non-hydrogen) atoms. The smallest absolute Gasteiger partial charge is 0.105 e. The Morgan fingerprint density at radius 1 is 1.53 bits per heavy atom. The van der Waals surface area contributed by atoms with Crippen molar-refractivity contribution in [3.8, 4) is 6.07 Å². The molecule has 2 aliphatic rings. The molecule has 0 bridgehead atoms. The van der Waals surface area contributed by atoms with Gasteiger partial charge >= 0.3 is 0 Å². The average Bonchev–Trinajstić information content (AvgIpc) is 2.86.